The third kappa shape index (κ3) is 22.6. The predicted molar refractivity (Wildman–Crippen MR) is 97.1 cm³/mol. The molecule has 4 nitrogen and oxygen atoms in total. The van der Waals surface area contributed by atoms with Crippen LogP contribution in [-0.4, -0.2) is 27.0 Å². The molecule has 0 rings (SSSR count). The van der Waals surface area contributed by atoms with Gasteiger partial charge in [-0.05, 0) is 6.42 Å². The summed E-state index contributed by atoms with van der Waals surface area (Å²) in [6.07, 6.45) is 17.3. The zero-order chi connectivity index (χ0) is 17.2. The van der Waals surface area contributed by atoms with Crippen LogP contribution in [0.15, 0.2) is 0 Å². The van der Waals surface area contributed by atoms with E-state index >= 15 is 0 Å². The van der Waals surface area contributed by atoms with Crippen LogP contribution in [0.2, 0.25) is 0 Å². The molecule has 138 valence electrons. The zero-order valence-electron chi connectivity index (χ0n) is 15.9. The topological polar surface area (TPSA) is 69.2 Å². The van der Waals surface area contributed by atoms with Crippen LogP contribution in [0.4, 0.5) is 0 Å². The largest absolute Gasteiger partial charge is 1.00 e. The normalized spacial score (nSPS) is 11.8. The van der Waals surface area contributed by atoms with Gasteiger partial charge in [0.05, 0.1) is 0 Å². The molecule has 1 atom stereocenters. The van der Waals surface area contributed by atoms with Crippen molar-refractivity contribution in [3.63, 3.8) is 0 Å². The minimum Gasteiger partial charge on any atom is -0.772 e. The number of rotatable bonds is 17. The van der Waals surface area contributed by atoms with Gasteiger partial charge in [-0.25, -0.2) is 0 Å². The molecule has 0 aromatic carbocycles. The van der Waals surface area contributed by atoms with Crippen LogP contribution in [-0.2, 0) is 15.9 Å². The summed E-state index contributed by atoms with van der Waals surface area (Å²) < 4.78 is 20.6. The number of hydrogen-bond acceptors (Lipinski definition) is 3. The van der Waals surface area contributed by atoms with Crippen molar-refractivity contribution in [3.8, 4) is 0 Å². The van der Waals surface area contributed by atoms with E-state index in [2.05, 4.69) is 12.2 Å². The van der Waals surface area contributed by atoms with Gasteiger partial charge in [0.15, 0.2) is 0 Å². The van der Waals surface area contributed by atoms with Crippen molar-refractivity contribution in [1.82, 2.24) is 5.32 Å². The summed E-state index contributed by atoms with van der Waals surface area (Å²) in [4.78, 5) is 11.4. The molecule has 0 aliphatic rings. The number of nitrogens with one attached hydrogen (secondary N) is 1. The molecule has 0 spiro atoms. The monoisotopic (exact) mass is 369 g/mol. The van der Waals surface area contributed by atoms with Gasteiger partial charge >= 0.3 is 29.6 Å². The van der Waals surface area contributed by atoms with Crippen molar-refractivity contribution < 1.29 is 43.1 Å². The molecule has 1 amide bonds. The van der Waals surface area contributed by atoms with E-state index in [1.54, 1.807) is 0 Å². The molecule has 0 saturated heterocycles. The van der Waals surface area contributed by atoms with Gasteiger partial charge < -0.3 is 9.87 Å². The Labute approximate surface area is 173 Å². The quantitative estimate of drug-likeness (QED) is 0.240. The first-order valence-corrected chi connectivity index (χ1v) is 10.7. The van der Waals surface area contributed by atoms with E-state index in [1.807, 2.05) is 0 Å². The van der Waals surface area contributed by atoms with Gasteiger partial charge in [0, 0.05) is 18.7 Å². The summed E-state index contributed by atoms with van der Waals surface area (Å²) in [5, 5.41) is 2.63. The molecule has 0 bridgehead atoms. The first-order chi connectivity index (χ1) is 11.2. The number of carbonyl (C=O) groups excluding carboxylic acids is 1. The van der Waals surface area contributed by atoms with Crippen molar-refractivity contribution in [3.05, 3.63) is 0 Å². The Kier molecular flexibility index (Phi) is 24.1. The van der Waals surface area contributed by atoms with Gasteiger partial charge in [-0.1, -0.05) is 95.1 Å². The fourth-order valence-corrected chi connectivity index (χ4v) is 2.93. The maximum atomic E-state index is 11.4. The maximum absolute atomic E-state index is 11.4. The van der Waals surface area contributed by atoms with Crippen LogP contribution in [0.5, 0.6) is 0 Å². The van der Waals surface area contributed by atoms with Crippen LogP contribution in [0, 0.1) is 0 Å². The summed E-state index contributed by atoms with van der Waals surface area (Å²) >= 11 is -2.06. The van der Waals surface area contributed by atoms with E-state index in [-0.39, 0.29) is 47.8 Å². The fraction of sp³-hybridized carbons (Fsp3) is 0.944. The van der Waals surface area contributed by atoms with E-state index < -0.39 is 11.1 Å². The third-order valence-corrected chi connectivity index (χ3v) is 4.64. The molecule has 0 aliphatic carbocycles. The smallest absolute Gasteiger partial charge is 0.772 e. The molecule has 0 aliphatic heterocycles. The predicted octanol–water partition coefficient (Wildman–Crippen LogP) is 1.47. The number of hydrogen-bond donors (Lipinski definition) is 1. The van der Waals surface area contributed by atoms with Crippen molar-refractivity contribution in [2.24, 2.45) is 0 Å². The molecule has 0 aromatic rings. The zero-order valence-corrected chi connectivity index (χ0v) is 18.8. The number of amides is 1. The van der Waals surface area contributed by atoms with Gasteiger partial charge in [0.25, 0.3) is 0 Å². The van der Waals surface area contributed by atoms with E-state index in [9.17, 15) is 13.6 Å². The van der Waals surface area contributed by atoms with Crippen LogP contribution < -0.4 is 34.9 Å². The summed E-state index contributed by atoms with van der Waals surface area (Å²) in [5.74, 6) is -0.0248. The van der Waals surface area contributed by atoms with Gasteiger partial charge in [-0.15, -0.1) is 0 Å². The minimum absolute atomic E-state index is 0. The van der Waals surface area contributed by atoms with Crippen LogP contribution >= 0.6 is 0 Å². The van der Waals surface area contributed by atoms with Crippen molar-refractivity contribution in [2.75, 3.05) is 12.3 Å². The Bertz CT molecular complexity index is 304. The third-order valence-electron chi connectivity index (χ3n) is 4.10. The van der Waals surface area contributed by atoms with Crippen LogP contribution in [0.3, 0.4) is 0 Å². The van der Waals surface area contributed by atoms with Gasteiger partial charge in [-0.2, -0.15) is 0 Å². The van der Waals surface area contributed by atoms with E-state index in [0.29, 0.717) is 6.42 Å². The second-order valence-electron chi connectivity index (χ2n) is 6.35. The molecule has 24 heavy (non-hydrogen) atoms. The first-order valence-electron chi connectivity index (χ1n) is 9.49. The van der Waals surface area contributed by atoms with Gasteiger partial charge in [-0.3, -0.25) is 9.00 Å². The summed E-state index contributed by atoms with van der Waals surface area (Å²) in [7, 11) is 0. The second-order valence-corrected chi connectivity index (χ2v) is 7.37. The van der Waals surface area contributed by atoms with Gasteiger partial charge in [0.2, 0.25) is 5.91 Å². The standard InChI is InChI=1S/C18H37NO3S.Na/c1-2-3-4-5-6-7-8-9-10-11-12-13-14-15-18(20)19-16-17-23(21)22;/h2-17H2,1H3,(H,19,20)(H,21,22);/q;+1/p-1. The fourth-order valence-electron chi connectivity index (χ4n) is 2.67. The molecule has 0 saturated carbocycles. The Morgan fingerprint density at radius 3 is 1.67 bits per heavy atom. The van der Waals surface area contributed by atoms with E-state index in [4.69, 9.17) is 0 Å². The molecule has 1 N–H and O–H groups in total. The Morgan fingerprint density at radius 1 is 0.833 bits per heavy atom. The van der Waals surface area contributed by atoms with E-state index in [0.717, 1.165) is 12.8 Å². The van der Waals surface area contributed by atoms with Crippen molar-refractivity contribution >= 4 is 17.0 Å². The Morgan fingerprint density at radius 2 is 1.25 bits per heavy atom. The van der Waals surface area contributed by atoms with E-state index in [1.165, 1.54) is 70.6 Å². The SMILES string of the molecule is CCCCCCCCCCCCCCCC(=O)NCCS(=O)[O-].[Na+]. The minimum atomic E-state index is -2.06. The molecule has 0 fully saturated rings. The van der Waals surface area contributed by atoms with Crippen LogP contribution in [0.1, 0.15) is 96.8 Å². The molecule has 0 aromatic heterocycles. The molecular weight excluding hydrogens is 333 g/mol. The summed E-state index contributed by atoms with van der Waals surface area (Å²) in [5.41, 5.74) is 0. The molecule has 6 heteroatoms. The average molecular weight is 370 g/mol. The first kappa shape index (κ1) is 26.8. The molecule has 0 heterocycles. The van der Waals surface area contributed by atoms with Gasteiger partial charge in [0.1, 0.15) is 0 Å². The second kappa shape index (κ2) is 21.6. The van der Waals surface area contributed by atoms with Crippen molar-refractivity contribution in [2.45, 2.75) is 96.8 Å². The summed E-state index contributed by atoms with van der Waals surface area (Å²) in [6.45, 7) is 2.48. The average Bonchev–Trinajstić information content (AvgIpc) is 2.51. The Balaban J connectivity index is 0. The Hall–Kier alpha value is 0.580. The van der Waals surface area contributed by atoms with Crippen molar-refractivity contribution in [1.29, 1.82) is 0 Å². The molecule has 1 unspecified atom stereocenters. The number of unbranched alkanes of at least 4 members (excludes halogenated alkanes) is 12. The maximum Gasteiger partial charge on any atom is 1.00 e. The summed E-state index contributed by atoms with van der Waals surface area (Å²) in [6, 6.07) is 0. The van der Waals surface area contributed by atoms with Crippen LogP contribution in [0.25, 0.3) is 0 Å². The molecule has 0 radical (unpaired) electrons. The molecular formula is C18H36NNaO3S. The number of carbonyl (C=O) groups is 1.